The quantitative estimate of drug-likeness (QED) is 0.598. The molecular formula is C11H19NO2. The van der Waals surface area contributed by atoms with Crippen molar-refractivity contribution in [3.05, 3.63) is 0 Å². The van der Waals surface area contributed by atoms with Crippen LogP contribution in [0.2, 0.25) is 0 Å². The molecule has 0 saturated carbocycles. The number of carbonyl (C=O) groups is 1. The van der Waals surface area contributed by atoms with Gasteiger partial charge in [-0.1, -0.05) is 19.3 Å². The summed E-state index contributed by atoms with van der Waals surface area (Å²) in [5.41, 5.74) is 0. The minimum Gasteiger partial charge on any atom is -0.464 e. The van der Waals surface area contributed by atoms with Crippen LogP contribution in [-0.2, 0) is 9.53 Å². The van der Waals surface area contributed by atoms with Crippen molar-refractivity contribution < 1.29 is 9.53 Å². The van der Waals surface area contributed by atoms with Gasteiger partial charge in [0, 0.05) is 6.42 Å². The van der Waals surface area contributed by atoms with Crippen LogP contribution in [0.25, 0.3) is 0 Å². The molecule has 0 aromatic heterocycles. The average molecular weight is 197 g/mol. The minimum absolute atomic E-state index is 0.00516. The lowest BCUT2D eigenvalue weighted by Crippen LogP contribution is -2.40. The second-order valence-electron chi connectivity index (χ2n) is 4.28. The van der Waals surface area contributed by atoms with Crippen LogP contribution in [0.1, 0.15) is 38.5 Å². The number of cyclic esters (lactones) is 1. The summed E-state index contributed by atoms with van der Waals surface area (Å²) in [5.74, 6) is 0.00516. The van der Waals surface area contributed by atoms with Gasteiger partial charge in [-0.25, -0.2) is 0 Å². The number of carbonyl (C=O) groups excluding carboxylic acids is 1. The monoisotopic (exact) mass is 197 g/mol. The van der Waals surface area contributed by atoms with E-state index in [0.29, 0.717) is 6.61 Å². The van der Waals surface area contributed by atoms with Crippen LogP contribution in [0.3, 0.4) is 0 Å². The van der Waals surface area contributed by atoms with E-state index in [4.69, 9.17) is 4.74 Å². The van der Waals surface area contributed by atoms with E-state index >= 15 is 0 Å². The van der Waals surface area contributed by atoms with Gasteiger partial charge in [-0.15, -0.1) is 0 Å². The summed E-state index contributed by atoms with van der Waals surface area (Å²) in [4.78, 5) is 13.7. The van der Waals surface area contributed by atoms with Crippen molar-refractivity contribution in [2.75, 3.05) is 19.7 Å². The number of rotatable bonds is 1. The Morgan fingerprint density at radius 2 is 1.71 bits per heavy atom. The van der Waals surface area contributed by atoms with Crippen molar-refractivity contribution in [2.24, 2.45) is 0 Å². The highest BCUT2D eigenvalue weighted by atomic mass is 16.5. The maximum atomic E-state index is 11.4. The van der Waals surface area contributed by atoms with Gasteiger partial charge in [0.2, 0.25) is 0 Å². The molecule has 0 aliphatic carbocycles. The predicted molar refractivity (Wildman–Crippen MR) is 54.0 cm³/mol. The highest BCUT2D eigenvalue weighted by molar-refractivity contribution is 5.77. The number of likely N-dealkylation sites (tertiary alicyclic amines) is 1. The van der Waals surface area contributed by atoms with Gasteiger partial charge in [-0.05, 0) is 25.9 Å². The number of hydrogen-bond donors (Lipinski definition) is 0. The van der Waals surface area contributed by atoms with Gasteiger partial charge < -0.3 is 4.74 Å². The maximum Gasteiger partial charge on any atom is 0.323 e. The van der Waals surface area contributed by atoms with Gasteiger partial charge in [0.15, 0.2) is 0 Å². The van der Waals surface area contributed by atoms with E-state index in [9.17, 15) is 4.79 Å². The first-order valence-corrected chi connectivity index (χ1v) is 5.78. The third-order valence-corrected chi connectivity index (χ3v) is 3.24. The van der Waals surface area contributed by atoms with Gasteiger partial charge in [0.05, 0.1) is 6.61 Å². The fourth-order valence-electron chi connectivity index (χ4n) is 2.40. The van der Waals surface area contributed by atoms with Gasteiger partial charge in [0.25, 0.3) is 0 Å². The summed E-state index contributed by atoms with van der Waals surface area (Å²) in [5, 5.41) is 0. The van der Waals surface area contributed by atoms with Crippen LogP contribution in [0, 0.1) is 0 Å². The molecule has 2 aliphatic heterocycles. The Morgan fingerprint density at radius 1 is 1.07 bits per heavy atom. The first kappa shape index (κ1) is 9.97. The zero-order chi connectivity index (χ0) is 9.80. The molecule has 0 spiro atoms. The molecule has 0 amide bonds. The highest BCUT2D eigenvalue weighted by Crippen LogP contribution is 2.18. The molecular weight excluding hydrogens is 178 g/mol. The molecule has 1 atom stereocenters. The van der Waals surface area contributed by atoms with E-state index in [1.54, 1.807) is 0 Å². The highest BCUT2D eigenvalue weighted by Gasteiger charge is 2.31. The molecule has 3 heteroatoms. The summed E-state index contributed by atoms with van der Waals surface area (Å²) >= 11 is 0. The molecule has 14 heavy (non-hydrogen) atoms. The SMILES string of the molecule is O=C1OCC[C@H]1N1CCCCCCC1. The van der Waals surface area contributed by atoms with Crippen LogP contribution in [0.5, 0.6) is 0 Å². The number of esters is 1. The summed E-state index contributed by atoms with van der Waals surface area (Å²) in [6.07, 6.45) is 7.38. The molecule has 0 N–H and O–H groups in total. The molecule has 0 aromatic rings. The zero-order valence-electron chi connectivity index (χ0n) is 8.71. The van der Waals surface area contributed by atoms with Gasteiger partial charge in [0.1, 0.15) is 6.04 Å². The lowest BCUT2D eigenvalue weighted by molar-refractivity contribution is -0.142. The van der Waals surface area contributed by atoms with Crippen LogP contribution in [0.4, 0.5) is 0 Å². The van der Waals surface area contributed by atoms with E-state index < -0.39 is 0 Å². The Labute approximate surface area is 85.4 Å². The molecule has 2 heterocycles. The standard InChI is InChI=1S/C11H19NO2/c13-11-10(6-9-14-11)12-7-4-2-1-3-5-8-12/h10H,1-9H2/t10-/m1/s1. The molecule has 3 nitrogen and oxygen atoms in total. The van der Waals surface area contributed by atoms with Crippen molar-refractivity contribution in [3.8, 4) is 0 Å². The van der Waals surface area contributed by atoms with E-state index in [2.05, 4.69) is 4.90 Å². The smallest absolute Gasteiger partial charge is 0.323 e. The second-order valence-corrected chi connectivity index (χ2v) is 4.28. The molecule has 2 aliphatic rings. The van der Waals surface area contributed by atoms with Crippen molar-refractivity contribution in [2.45, 2.75) is 44.6 Å². The second kappa shape index (κ2) is 4.78. The topological polar surface area (TPSA) is 29.5 Å². The lowest BCUT2D eigenvalue weighted by Gasteiger charge is -2.27. The molecule has 2 saturated heterocycles. The Balaban J connectivity index is 1.90. The Hall–Kier alpha value is -0.570. The molecule has 0 bridgehead atoms. The Bertz CT molecular complexity index is 197. The van der Waals surface area contributed by atoms with Crippen molar-refractivity contribution >= 4 is 5.97 Å². The third-order valence-electron chi connectivity index (χ3n) is 3.24. The normalized spacial score (nSPS) is 30.9. The van der Waals surface area contributed by atoms with Gasteiger partial charge in [-0.2, -0.15) is 0 Å². The van der Waals surface area contributed by atoms with Crippen molar-refractivity contribution in [1.29, 1.82) is 0 Å². The van der Waals surface area contributed by atoms with Gasteiger partial charge >= 0.3 is 5.97 Å². The summed E-state index contributed by atoms with van der Waals surface area (Å²) < 4.78 is 5.01. The van der Waals surface area contributed by atoms with Crippen molar-refractivity contribution in [1.82, 2.24) is 4.90 Å². The van der Waals surface area contributed by atoms with Crippen LogP contribution >= 0.6 is 0 Å². The van der Waals surface area contributed by atoms with E-state index in [-0.39, 0.29) is 12.0 Å². The number of ether oxygens (including phenoxy) is 1. The Kier molecular flexibility index (Phi) is 3.40. The summed E-state index contributed by atoms with van der Waals surface area (Å²) in [6.45, 7) is 2.79. The van der Waals surface area contributed by atoms with E-state index in [1.807, 2.05) is 0 Å². The summed E-state index contributed by atoms with van der Waals surface area (Å²) in [6, 6.07) is 0.0769. The largest absolute Gasteiger partial charge is 0.464 e. The van der Waals surface area contributed by atoms with E-state index in [1.165, 1.54) is 32.1 Å². The first-order valence-electron chi connectivity index (χ1n) is 5.78. The zero-order valence-corrected chi connectivity index (χ0v) is 8.71. The molecule has 0 aromatic carbocycles. The first-order chi connectivity index (χ1) is 6.88. The van der Waals surface area contributed by atoms with Crippen LogP contribution in [-0.4, -0.2) is 36.6 Å². The fraction of sp³-hybridized carbons (Fsp3) is 0.909. The lowest BCUT2D eigenvalue weighted by atomic mass is 10.1. The van der Waals surface area contributed by atoms with Crippen LogP contribution < -0.4 is 0 Å². The minimum atomic E-state index is 0.00516. The van der Waals surface area contributed by atoms with Gasteiger partial charge in [-0.3, -0.25) is 9.69 Å². The molecule has 0 unspecified atom stereocenters. The average Bonchev–Trinajstić information content (AvgIpc) is 2.51. The summed E-state index contributed by atoms with van der Waals surface area (Å²) in [7, 11) is 0. The Morgan fingerprint density at radius 3 is 2.29 bits per heavy atom. The molecule has 2 fully saturated rings. The number of hydrogen-bond acceptors (Lipinski definition) is 3. The molecule has 80 valence electrons. The molecule has 0 radical (unpaired) electrons. The predicted octanol–water partition coefficient (Wildman–Crippen LogP) is 1.57. The maximum absolute atomic E-state index is 11.4. The van der Waals surface area contributed by atoms with Crippen molar-refractivity contribution in [3.63, 3.8) is 0 Å². The third kappa shape index (κ3) is 2.27. The van der Waals surface area contributed by atoms with E-state index in [0.717, 1.165) is 19.5 Å². The number of nitrogens with zero attached hydrogens (tertiary/aromatic N) is 1. The molecule has 2 rings (SSSR count). The van der Waals surface area contributed by atoms with Crippen LogP contribution in [0.15, 0.2) is 0 Å². The fourth-order valence-corrected chi connectivity index (χ4v) is 2.40.